The van der Waals surface area contributed by atoms with E-state index < -0.39 is 0 Å². The van der Waals surface area contributed by atoms with E-state index in [9.17, 15) is 4.79 Å². The summed E-state index contributed by atoms with van der Waals surface area (Å²) in [5.41, 5.74) is 3.09. The molecular formula is C19H23NO. The molecule has 0 aliphatic heterocycles. The van der Waals surface area contributed by atoms with Gasteiger partial charge in [0.15, 0.2) is 0 Å². The Labute approximate surface area is 127 Å². The van der Waals surface area contributed by atoms with E-state index in [4.69, 9.17) is 0 Å². The van der Waals surface area contributed by atoms with E-state index >= 15 is 0 Å². The first-order chi connectivity index (χ1) is 10.3. The van der Waals surface area contributed by atoms with E-state index in [1.165, 1.54) is 12.8 Å². The number of carbonyl (C=O) groups excluding carboxylic acids is 1. The Morgan fingerprint density at radius 2 is 1.62 bits per heavy atom. The first-order valence-corrected chi connectivity index (χ1v) is 7.75. The predicted octanol–water partition coefficient (Wildman–Crippen LogP) is 5.26. The van der Waals surface area contributed by atoms with Gasteiger partial charge < -0.3 is 5.32 Å². The Morgan fingerprint density at radius 3 is 2.38 bits per heavy atom. The van der Waals surface area contributed by atoms with Crippen molar-refractivity contribution in [2.45, 2.75) is 39.0 Å². The van der Waals surface area contributed by atoms with E-state index in [1.54, 1.807) is 0 Å². The molecule has 0 spiro atoms. The quantitative estimate of drug-likeness (QED) is 0.689. The van der Waals surface area contributed by atoms with Gasteiger partial charge in [-0.05, 0) is 18.1 Å². The Kier molecular flexibility index (Phi) is 6.01. The lowest BCUT2D eigenvalue weighted by Crippen LogP contribution is -2.11. The molecule has 0 heterocycles. The second-order valence-electron chi connectivity index (χ2n) is 5.27. The highest BCUT2D eigenvalue weighted by atomic mass is 16.1. The molecule has 2 rings (SSSR count). The van der Waals surface area contributed by atoms with Crippen LogP contribution in [0.3, 0.4) is 0 Å². The molecule has 0 radical (unpaired) electrons. The Balaban J connectivity index is 2.02. The number of hydrogen-bond donors (Lipinski definition) is 1. The summed E-state index contributed by atoms with van der Waals surface area (Å²) in [5.74, 6) is 0.106. The monoisotopic (exact) mass is 281 g/mol. The number of rotatable bonds is 7. The topological polar surface area (TPSA) is 29.1 Å². The lowest BCUT2D eigenvalue weighted by atomic mass is 10.0. The maximum atomic E-state index is 12.0. The van der Waals surface area contributed by atoms with Crippen LogP contribution >= 0.6 is 0 Å². The van der Waals surface area contributed by atoms with E-state index in [-0.39, 0.29) is 5.91 Å². The fourth-order valence-corrected chi connectivity index (χ4v) is 2.39. The molecule has 0 aromatic heterocycles. The highest BCUT2D eigenvalue weighted by Crippen LogP contribution is 2.27. The van der Waals surface area contributed by atoms with Crippen LogP contribution in [0.25, 0.3) is 11.1 Å². The zero-order valence-corrected chi connectivity index (χ0v) is 12.6. The highest BCUT2D eigenvalue weighted by Gasteiger charge is 2.07. The molecule has 2 heteroatoms. The van der Waals surface area contributed by atoms with Crippen molar-refractivity contribution < 1.29 is 4.79 Å². The van der Waals surface area contributed by atoms with Gasteiger partial charge in [0.1, 0.15) is 0 Å². The smallest absolute Gasteiger partial charge is 0.224 e. The van der Waals surface area contributed by atoms with Crippen molar-refractivity contribution in [2.75, 3.05) is 5.32 Å². The number of para-hydroxylation sites is 1. The number of benzene rings is 2. The number of amides is 1. The van der Waals surface area contributed by atoms with E-state index in [0.717, 1.165) is 29.7 Å². The maximum absolute atomic E-state index is 12.0. The van der Waals surface area contributed by atoms with Gasteiger partial charge in [0.25, 0.3) is 0 Å². The third kappa shape index (κ3) is 4.75. The van der Waals surface area contributed by atoms with Crippen molar-refractivity contribution >= 4 is 11.6 Å². The van der Waals surface area contributed by atoms with Crippen molar-refractivity contribution in [3.8, 4) is 11.1 Å². The average Bonchev–Trinajstić information content (AvgIpc) is 2.53. The third-order valence-electron chi connectivity index (χ3n) is 3.54. The normalized spacial score (nSPS) is 10.3. The molecule has 1 N–H and O–H groups in total. The molecule has 1 amide bonds. The largest absolute Gasteiger partial charge is 0.326 e. The lowest BCUT2D eigenvalue weighted by Gasteiger charge is -2.11. The average molecular weight is 281 g/mol. The minimum Gasteiger partial charge on any atom is -0.326 e. The first-order valence-electron chi connectivity index (χ1n) is 7.75. The van der Waals surface area contributed by atoms with Gasteiger partial charge in [-0.15, -0.1) is 0 Å². The summed E-state index contributed by atoms with van der Waals surface area (Å²) in [6, 6.07) is 18.1. The molecule has 0 saturated carbocycles. The van der Waals surface area contributed by atoms with Gasteiger partial charge in [0.2, 0.25) is 5.91 Å². The minimum absolute atomic E-state index is 0.106. The van der Waals surface area contributed by atoms with Crippen LogP contribution in [0.4, 0.5) is 5.69 Å². The summed E-state index contributed by atoms with van der Waals surface area (Å²) >= 11 is 0. The Hall–Kier alpha value is -2.09. The molecule has 0 aliphatic carbocycles. The molecule has 21 heavy (non-hydrogen) atoms. The number of hydrogen-bond acceptors (Lipinski definition) is 1. The second kappa shape index (κ2) is 8.25. The van der Waals surface area contributed by atoms with Crippen LogP contribution < -0.4 is 5.32 Å². The van der Waals surface area contributed by atoms with Gasteiger partial charge in [-0.2, -0.15) is 0 Å². The van der Waals surface area contributed by atoms with Crippen LogP contribution in [0, 0.1) is 0 Å². The van der Waals surface area contributed by atoms with Crippen LogP contribution in [-0.4, -0.2) is 5.91 Å². The molecule has 0 unspecified atom stereocenters. The molecule has 110 valence electrons. The summed E-state index contributed by atoms with van der Waals surface area (Å²) in [7, 11) is 0. The maximum Gasteiger partial charge on any atom is 0.224 e. The number of anilines is 1. The van der Waals surface area contributed by atoms with Gasteiger partial charge in [-0.1, -0.05) is 74.7 Å². The number of unbranched alkanes of at least 4 members (excludes halogenated alkanes) is 3. The third-order valence-corrected chi connectivity index (χ3v) is 3.54. The molecule has 2 nitrogen and oxygen atoms in total. The highest BCUT2D eigenvalue weighted by molar-refractivity contribution is 5.95. The molecule has 2 aromatic rings. The summed E-state index contributed by atoms with van der Waals surface area (Å²) < 4.78 is 0. The zero-order valence-electron chi connectivity index (χ0n) is 12.6. The first kappa shape index (κ1) is 15.3. The molecule has 0 aliphatic rings. The van der Waals surface area contributed by atoms with Crippen LogP contribution in [-0.2, 0) is 4.79 Å². The van der Waals surface area contributed by atoms with E-state index in [1.807, 2.05) is 42.5 Å². The van der Waals surface area contributed by atoms with Crippen molar-refractivity contribution in [1.29, 1.82) is 0 Å². The minimum atomic E-state index is 0.106. The predicted molar refractivity (Wildman–Crippen MR) is 89.3 cm³/mol. The van der Waals surface area contributed by atoms with Gasteiger partial charge in [-0.3, -0.25) is 4.79 Å². The fourth-order valence-electron chi connectivity index (χ4n) is 2.39. The van der Waals surface area contributed by atoms with Gasteiger partial charge in [0, 0.05) is 17.7 Å². The van der Waals surface area contributed by atoms with Crippen molar-refractivity contribution in [2.24, 2.45) is 0 Å². The van der Waals surface area contributed by atoms with Crippen LogP contribution in [0.2, 0.25) is 0 Å². The fraction of sp³-hybridized carbons (Fsp3) is 0.316. The van der Waals surface area contributed by atoms with Crippen LogP contribution in [0.5, 0.6) is 0 Å². The van der Waals surface area contributed by atoms with E-state index in [2.05, 4.69) is 24.4 Å². The summed E-state index contributed by atoms with van der Waals surface area (Å²) in [6.07, 6.45) is 5.09. The second-order valence-corrected chi connectivity index (χ2v) is 5.27. The van der Waals surface area contributed by atoms with Gasteiger partial charge in [-0.25, -0.2) is 0 Å². The molecule has 2 aromatic carbocycles. The summed E-state index contributed by atoms with van der Waals surface area (Å²) in [6.45, 7) is 2.18. The van der Waals surface area contributed by atoms with Crippen molar-refractivity contribution in [3.63, 3.8) is 0 Å². The molecule has 0 bridgehead atoms. The lowest BCUT2D eigenvalue weighted by molar-refractivity contribution is -0.116. The standard InChI is InChI=1S/C19H23NO/c1-2-3-4-8-15-19(21)20-18-14-10-9-13-17(18)16-11-6-5-7-12-16/h5-7,9-14H,2-4,8,15H2,1H3,(H,20,21). The molecule has 0 atom stereocenters. The molecule has 0 fully saturated rings. The summed E-state index contributed by atoms with van der Waals surface area (Å²) in [5, 5.41) is 3.05. The van der Waals surface area contributed by atoms with Crippen molar-refractivity contribution in [3.05, 3.63) is 54.6 Å². The zero-order chi connectivity index (χ0) is 14.9. The molecular weight excluding hydrogens is 258 g/mol. The number of nitrogens with one attached hydrogen (secondary N) is 1. The van der Waals surface area contributed by atoms with Crippen molar-refractivity contribution in [1.82, 2.24) is 0 Å². The van der Waals surface area contributed by atoms with E-state index in [0.29, 0.717) is 6.42 Å². The SMILES string of the molecule is CCCCCCC(=O)Nc1ccccc1-c1ccccc1. The number of carbonyl (C=O) groups is 1. The van der Waals surface area contributed by atoms with Crippen LogP contribution in [0.15, 0.2) is 54.6 Å². The Bertz CT molecular complexity index is 563. The van der Waals surface area contributed by atoms with Gasteiger partial charge >= 0.3 is 0 Å². The Morgan fingerprint density at radius 1 is 0.905 bits per heavy atom. The molecule has 0 saturated heterocycles. The van der Waals surface area contributed by atoms with Gasteiger partial charge in [0.05, 0.1) is 0 Å². The summed E-state index contributed by atoms with van der Waals surface area (Å²) in [4.78, 5) is 12.0. The van der Waals surface area contributed by atoms with Crippen LogP contribution in [0.1, 0.15) is 39.0 Å².